The molecule has 7 atom stereocenters. The van der Waals surface area contributed by atoms with Gasteiger partial charge in [0.15, 0.2) is 11.0 Å². The maximum Gasteiger partial charge on any atom is 0.350 e. The SMILES string of the molecule is BC(B)(F)c1c(OS(=O)(=O)C(F)(C(B)(C)P)C(F)(P)P)nn(C)c1-n1cc(-c2ccc(C)c(C(=O)N[C@H]3CC3C#C)c2)cn1. The summed E-state index contributed by atoms with van der Waals surface area (Å²) >= 11 is 0. The van der Waals surface area contributed by atoms with Crippen molar-refractivity contribution in [2.75, 3.05) is 0 Å². The Morgan fingerprint density at radius 1 is 1.20 bits per heavy atom. The summed E-state index contributed by atoms with van der Waals surface area (Å²) in [4.78, 5) is 12.9. The normalized spacial score (nSPS) is 19.8. The number of terminal acetylenes is 1. The number of benzene rings is 1. The molecule has 4 rings (SSSR count). The van der Waals surface area contributed by atoms with Crippen molar-refractivity contribution in [3.63, 3.8) is 0 Å². The second-order valence-corrected chi connectivity index (χ2v) is 17.4. The number of hydrogen-bond donors (Lipinski definition) is 1. The monoisotopic (exact) mass is 681 g/mol. The molecule has 0 radical (unpaired) electrons. The lowest BCUT2D eigenvalue weighted by Crippen LogP contribution is -2.60. The minimum atomic E-state index is -5.45. The number of nitrogens with one attached hydrogen (secondary N) is 1. The van der Waals surface area contributed by atoms with Gasteiger partial charge in [-0.05, 0) is 30.5 Å². The maximum atomic E-state index is 16.2. The van der Waals surface area contributed by atoms with E-state index in [0.29, 0.717) is 16.7 Å². The number of halogens is 3. The van der Waals surface area contributed by atoms with Crippen LogP contribution in [-0.2, 0) is 22.6 Å². The molecule has 0 bridgehead atoms. The number of carbonyl (C=O) groups excluding carboxylic acids is 1. The fourth-order valence-corrected chi connectivity index (χ4v) is 8.98. The Balaban J connectivity index is 1.75. The van der Waals surface area contributed by atoms with Crippen LogP contribution in [0.15, 0.2) is 30.6 Å². The zero-order valence-corrected chi connectivity index (χ0v) is 29.3. The number of amides is 1. The Labute approximate surface area is 264 Å². The molecule has 1 N–H and O–H groups in total. The average Bonchev–Trinajstić information content (AvgIpc) is 3.28. The smallest absolute Gasteiger partial charge is 0.350 e. The van der Waals surface area contributed by atoms with Crippen LogP contribution in [0.5, 0.6) is 5.88 Å². The summed E-state index contributed by atoms with van der Waals surface area (Å²) in [6.45, 7) is 2.97. The van der Waals surface area contributed by atoms with Crippen LogP contribution < -0.4 is 9.50 Å². The van der Waals surface area contributed by atoms with Crippen LogP contribution in [0.1, 0.15) is 34.8 Å². The maximum absolute atomic E-state index is 16.2. The highest BCUT2D eigenvalue weighted by molar-refractivity contribution is 7.89. The Kier molecular flexibility index (Phi) is 9.03. The van der Waals surface area contributed by atoms with Crippen LogP contribution in [0.3, 0.4) is 0 Å². The fraction of sp³-hybridized carbons (Fsp3) is 0.400. The van der Waals surface area contributed by atoms with Gasteiger partial charge in [-0.3, -0.25) is 9.18 Å². The van der Waals surface area contributed by atoms with Gasteiger partial charge >= 0.3 is 10.1 Å². The Morgan fingerprint density at radius 2 is 1.84 bits per heavy atom. The highest BCUT2D eigenvalue weighted by Crippen LogP contribution is 2.54. The predicted molar refractivity (Wildman–Crippen MR) is 182 cm³/mol. The summed E-state index contributed by atoms with van der Waals surface area (Å²) in [5, 5.41) is 2.68. The molecule has 6 unspecified atom stereocenters. The van der Waals surface area contributed by atoms with E-state index in [4.69, 9.17) is 10.6 Å². The molecule has 1 fully saturated rings. The van der Waals surface area contributed by atoms with Crippen molar-refractivity contribution in [2.24, 2.45) is 13.0 Å². The van der Waals surface area contributed by atoms with Gasteiger partial charge in [-0.25, -0.2) is 18.1 Å². The Morgan fingerprint density at radius 3 is 2.36 bits per heavy atom. The largest absolute Gasteiger partial charge is 0.357 e. The third kappa shape index (κ3) is 6.23. The van der Waals surface area contributed by atoms with E-state index in [1.54, 1.807) is 25.1 Å². The van der Waals surface area contributed by atoms with Crippen LogP contribution in [0.4, 0.5) is 13.2 Å². The minimum absolute atomic E-state index is 0.0206. The standard InChI is InChI=1S/C25H32B3F3N5O4P3S/c1-5-13-9-17(13)33-19(37)16-8-14(7-6-12(16)2)15-10-32-36(11-15)21-18(23(27,28)29)20(34-35(21)4)40-44(38,39)24(30,22(3,26)41)25(31,42)43/h1,6-8,10-11,13,17H,9,26-28,41-43H2,2-4H3,(H,33,37)/t13?,17-,22?,24?/m0/s1. The molecule has 1 amide bonds. The highest BCUT2D eigenvalue weighted by atomic mass is 32.2. The molecule has 2 heterocycles. The molecular formula is C25H32B3F3N5O4P3S. The summed E-state index contributed by atoms with van der Waals surface area (Å²) in [5.74, 6) is 1.59. The van der Waals surface area contributed by atoms with Gasteiger partial charge in [-0.1, -0.05) is 37.5 Å². The molecule has 9 nitrogen and oxygen atoms in total. The van der Waals surface area contributed by atoms with Gasteiger partial charge in [0.05, 0.1) is 17.2 Å². The topological polar surface area (TPSA) is 108 Å². The van der Waals surface area contributed by atoms with E-state index in [1.807, 2.05) is 9.24 Å². The van der Waals surface area contributed by atoms with Gasteiger partial charge < -0.3 is 9.50 Å². The molecule has 3 aromatic rings. The van der Waals surface area contributed by atoms with Crippen LogP contribution in [0, 0.1) is 25.2 Å². The third-order valence-electron chi connectivity index (χ3n) is 7.37. The van der Waals surface area contributed by atoms with Crippen molar-refractivity contribution in [1.82, 2.24) is 24.9 Å². The van der Waals surface area contributed by atoms with E-state index in [9.17, 15) is 13.2 Å². The number of aryl methyl sites for hydroxylation is 2. The Hall–Kier alpha value is -2.31. The lowest BCUT2D eigenvalue weighted by molar-refractivity contribution is 0.0949. The third-order valence-corrected chi connectivity index (χ3v) is 11.1. The molecule has 232 valence electrons. The molecule has 19 heteroatoms. The van der Waals surface area contributed by atoms with Crippen molar-refractivity contribution in [1.29, 1.82) is 0 Å². The van der Waals surface area contributed by atoms with Gasteiger partial charge in [0.2, 0.25) is 0 Å². The number of alkyl halides is 3. The first-order valence-corrected chi connectivity index (χ1v) is 16.6. The van der Waals surface area contributed by atoms with E-state index in [0.717, 1.165) is 47.1 Å². The molecule has 2 aromatic heterocycles. The fourth-order valence-electron chi connectivity index (χ4n) is 4.92. The summed E-state index contributed by atoms with van der Waals surface area (Å²) in [6, 6.07) is 5.20. The van der Waals surface area contributed by atoms with E-state index in [-0.39, 0.29) is 29.2 Å². The zero-order valence-electron chi connectivity index (χ0n) is 25.0. The first-order valence-electron chi connectivity index (χ1n) is 13.4. The average molecular weight is 681 g/mol. The molecule has 1 aliphatic carbocycles. The van der Waals surface area contributed by atoms with Crippen LogP contribution in [0.25, 0.3) is 16.9 Å². The van der Waals surface area contributed by atoms with E-state index >= 15 is 13.2 Å². The number of hydrogen-bond acceptors (Lipinski definition) is 6. The summed E-state index contributed by atoms with van der Waals surface area (Å²) in [5.41, 5.74) is -0.271. The number of rotatable bonds is 10. The van der Waals surface area contributed by atoms with Crippen molar-refractivity contribution in [3.05, 3.63) is 47.3 Å². The molecule has 0 spiro atoms. The van der Waals surface area contributed by atoms with Crippen molar-refractivity contribution >= 4 is 67.3 Å². The predicted octanol–water partition coefficient (Wildman–Crippen LogP) is 0.651. The van der Waals surface area contributed by atoms with Gasteiger partial charge in [-0.15, -0.1) is 26.7 Å². The minimum Gasteiger partial charge on any atom is -0.357 e. The first-order chi connectivity index (χ1) is 20.0. The molecule has 1 saturated carbocycles. The molecular weight excluding hydrogens is 649 g/mol. The first kappa shape index (κ1) is 34.6. The molecule has 0 aliphatic heterocycles. The summed E-state index contributed by atoms with van der Waals surface area (Å²) in [6.07, 6.45) is 9.18. The number of carbonyl (C=O) groups is 1. The van der Waals surface area contributed by atoms with E-state index in [2.05, 4.69) is 21.4 Å². The molecule has 1 aliphatic rings. The molecule has 44 heavy (non-hydrogen) atoms. The van der Waals surface area contributed by atoms with Crippen molar-refractivity contribution in [3.8, 4) is 35.2 Å². The second-order valence-electron chi connectivity index (χ2n) is 12.0. The quantitative estimate of drug-likeness (QED) is 0.146. The molecule has 1 aromatic carbocycles. The summed E-state index contributed by atoms with van der Waals surface area (Å²) in [7, 11) is 4.38. The van der Waals surface area contributed by atoms with E-state index in [1.165, 1.54) is 42.6 Å². The lowest BCUT2D eigenvalue weighted by atomic mass is 9.63. The van der Waals surface area contributed by atoms with Crippen LogP contribution in [-0.4, -0.2) is 78.7 Å². The lowest BCUT2D eigenvalue weighted by Gasteiger charge is -2.41. The van der Waals surface area contributed by atoms with Crippen LogP contribution in [0.2, 0.25) is 0 Å². The van der Waals surface area contributed by atoms with Gasteiger partial charge in [0.25, 0.3) is 16.8 Å². The zero-order chi connectivity index (χ0) is 33.2. The Bertz CT molecular complexity index is 1770. The van der Waals surface area contributed by atoms with Crippen molar-refractivity contribution in [2.45, 2.75) is 47.0 Å². The van der Waals surface area contributed by atoms with Crippen LogP contribution >= 0.6 is 27.7 Å². The number of aromatic nitrogens is 4. The molecule has 0 saturated heterocycles. The number of nitrogens with zero attached hydrogens (tertiary/aromatic N) is 4. The second kappa shape index (κ2) is 11.5. The van der Waals surface area contributed by atoms with Gasteiger partial charge in [0, 0.05) is 41.4 Å². The van der Waals surface area contributed by atoms with E-state index < -0.39 is 36.7 Å². The summed E-state index contributed by atoms with van der Waals surface area (Å²) < 4.78 is 81.3. The highest BCUT2D eigenvalue weighted by Gasteiger charge is 2.67. The van der Waals surface area contributed by atoms with Gasteiger partial charge in [-0.2, -0.15) is 13.5 Å². The van der Waals surface area contributed by atoms with Crippen molar-refractivity contribution < 1.29 is 30.6 Å². The van der Waals surface area contributed by atoms with Gasteiger partial charge in [0.1, 0.15) is 23.5 Å².